The number of rotatable bonds is 6. The number of aromatic nitrogens is 3. The summed E-state index contributed by atoms with van der Waals surface area (Å²) in [5.74, 6) is 0.640. The van der Waals surface area contributed by atoms with Gasteiger partial charge < -0.3 is 9.15 Å². The van der Waals surface area contributed by atoms with Crippen LogP contribution in [0, 0.1) is 25.2 Å². The van der Waals surface area contributed by atoms with E-state index in [0.29, 0.717) is 40.7 Å². The van der Waals surface area contributed by atoms with E-state index in [2.05, 4.69) is 21.0 Å². The SMILES string of the molecule is Cc1cc(C(C)Oc2ccc(Cl)nc2S(N)(=O)=O)c2oc(-c3cnc(C4(C#N)CC4)nc3)c(C)c(=O)c2c1. The van der Waals surface area contributed by atoms with Gasteiger partial charge in [0.2, 0.25) is 5.03 Å². The maximum absolute atomic E-state index is 13.4. The molecule has 1 unspecified atom stereocenters. The van der Waals surface area contributed by atoms with Crippen LogP contribution < -0.4 is 15.3 Å². The summed E-state index contributed by atoms with van der Waals surface area (Å²) in [4.78, 5) is 26.0. The summed E-state index contributed by atoms with van der Waals surface area (Å²) < 4.78 is 36.4. The lowest BCUT2D eigenvalue weighted by Crippen LogP contribution is -2.17. The smallest absolute Gasteiger partial charge is 0.259 e. The molecule has 1 aliphatic carbocycles. The quantitative estimate of drug-likeness (QED) is 0.345. The van der Waals surface area contributed by atoms with E-state index in [9.17, 15) is 18.5 Å². The molecular formula is C26H22ClN5O5S. The van der Waals surface area contributed by atoms with E-state index >= 15 is 0 Å². The van der Waals surface area contributed by atoms with E-state index in [0.717, 1.165) is 5.56 Å². The summed E-state index contributed by atoms with van der Waals surface area (Å²) in [6, 6.07) is 8.52. The lowest BCUT2D eigenvalue weighted by molar-refractivity contribution is 0.219. The van der Waals surface area contributed by atoms with Gasteiger partial charge in [0.05, 0.1) is 17.0 Å². The van der Waals surface area contributed by atoms with Crippen molar-refractivity contribution in [1.82, 2.24) is 15.0 Å². The molecule has 0 radical (unpaired) electrons. The van der Waals surface area contributed by atoms with Crippen LogP contribution in [0.25, 0.3) is 22.3 Å². The molecule has 1 atom stereocenters. The van der Waals surface area contributed by atoms with Crippen molar-refractivity contribution in [3.63, 3.8) is 0 Å². The van der Waals surface area contributed by atoms with Gasteiger partial charge in [-0.05, 0) is 63.4 Å². The first-order chi connectivity index (χ1) is 17.9. The molecule has 38 heavy (non-hydrogen) atoms. The highest BCUT2D eigenvalue weighted by Gasteiger charge is 2.47. The van der Waals surface area contributed by atoms with Crippen molar-refractivity contribution in [2.24, 2.45) is 5.14 Å². The molecule has 0 saturated heterocycles. The van der Waals surface area contributed by atoms with Crippen LogP contribution in [-0.4, -0.2) is 23.4 Å². The number of nitrogens with zero attached hydrogens (tertiary/aromatic N) is 4. The fourth-order valence-electron chi connectivity index (χ4n) is 4.30. The fourth-order valence-corrected chi connectivity index (χ4v) is 5.12. The first kappa shape index (κ1) is 25.8. The molecule has 2 N–H and O–H groups in total. The molecule has 1 aromatic carbocycles. The Bertz CT molecular complexity index is 1810. The number of nitriles is 1. The van der Waals surface area contributed by atoms with Crippen molar-refractivity contribution in [3.05, 3.63) is 74.6 Å². The van der Waals surface area contributed by atoms with Crippen LogP contribution in [0.4, 0.5) is 0 Å². The first-order valence-electron chi connectivity index (χ1n) is 11.6. The van der Waals surface area contributed by atoms with Crippen LogP contribution in [0.5, 0.6) is 5.75 Å². The molecule has 1 saturated carbocycles. The van der Waals surface area contributed by atoms with Gasteiger partial charge in [0.15, 0.2) is 11.2 Å². The molecule has 3 heterocycles. The maximum Gasteiger partial charge on any atom is 0.259 e. The lowest BCUT2D eigenvalue weighted by Gasteiger charge is -2.19. The minimum absolute atomic E-state index is 0.0586. The molecule has 0 bridgehead atoms. The zero-order chi connectivity index (χ0) is 27.4. The van der Waals surface area contributed by atoms with Gasteiger partial charge >= 0.3 is 0 Å². The highest BCUT2D eigenvalue weighted by Crippen LogP contribution is 2.46. The van der Waals surface area contributed by atoms with Crippen LogP contribution in [0.3, 0.4) is 0 Å². The van der Waals surface area contributed by atoms with E-state index in [1.165, 1.54) is 12.1 Å². The summed E-state index contributed by atoms with van der Waals surface area (Å²) in [6.07, 6.45) is 3.74. The van der Waals surface area contributed by atoms with Gasteiger partial charge in [-0.3, -0.25) is 4.79 Å². The summed E-state index contributed by atoms with van der Waals surface area (Å²) in [6.45, 7) is 5.17. The van der Waals surface area contributed by atoms with Crippen LogP contribution in [0.2, 0.25) is 5.15 Å². The number of benzene rings is 1. The number of nitrogens with two attached hydrogens (primary N) is 1. The Kier molecular flexibility index (Phi) is 6.22. The van der Waals surface area contributed by atoms with Crippen LogP contribution in [0.15, 0.2) is 50.9 Å². The average molecular weight is 552 g/mol. The van der Waals surface area contributed by atoms with Crippen molar-refractivity contribution in [2.75, 3.05) is 0 Å². The van der Waals surface area contributed by atoms with E-state index in [4.69, 9.17) is 25.9 Å². The fraction of sp³-hybridized carbons (Fsp3) is 0.269. The zero-order valence-corrected chi connectivity index (χ0v) is 22.2. The number of aryl methyl sites for hydroxylation is 1. The standard InChI is InChI=1S/C26H22ClN5O5S/c1-13-8-17(15(3)36-19-4-5-20(27)32-24(19)38(29,34)35)23-18(9-13)21(33)14(2)22(37-23)16-10-30-25(31-11-16)26(12-28)6-7-26/h4-5,8-11,15H,6-7H2,1-3H3,(H2,29,34,35). The largest absolute Gasteiger partial charge is 0.483 e. The van der Waals surface area contributed by atoms with E-state index in [1.807, 2.05) is 6.92 Å². The Balaban J connectivity index is 1.62. The van der Waals surface area contributed by atoms with Crippen molar-refractivity contribution in [2.45, 2.75) is 50.2 Å². The average Bonchev–Trinajstić information content (AvgIpc) is 3.68. The van der Waals surface area contributed by atoms with Crippen molar-refractivity contribution < 1.29 is 17.6 Å². The van der Waals surface area contributed by atoms with Crippen LogP contribution >= 0.6 is 11.6 Å². The minimum Gasteiger partial charge on any atom is -0.483 e. The normalized spacial score (nSPS) is 15.2. The second-order valence-corrected chi connectivity index (χ2v) is 11.2. The van der Waals surface area contributed by atoms with E-state index < -0.39 is 26.6 Å². The molecule has 3 aromatic heterocycles. The molecule has 1 aliphatic rings. The number of primary sulfonamides is 1. The molecule has 10 nitrogen and oxygen atoms in total. The predicted octanol–water partition coefficient (Wildman–Crippen LogP) is 4.26. The highest BCUT2D eigenvalue weighted by atomic mass is 35.5. The number of fused-ring (bicyclic) bond motifs is 1. The Morgan fingerprint density at radius 2 is 1.89 bits per heavy atom. The summed E-state index contributed by atoms with van der Waals surface area (Å²) >= 11 is 5.87. The molecule has 0 amide bonds. The Morgan fingerprint density at radius 3 is 2.50 bits per heavy atom. The zero-order valence-electron chi connectivity index (χ0n) is 20.6. The van der Waals surface area contributed by atoms with Gasteiger partial charge in [-0.25, -0.2) is 28.5 Å². The van der Waals surface area contributed by atoms with Gasteiger partial charge in [0.25, 0.3) is 10.0 Å². The first-order valence-corrected chi connectivity index (χ1v) is 13.5. The second kappa shape index (κ2) is 9.16. The van der Waals surface area contributed by atoms with Gasteiger partial charge in [-0.2, -0.15) is 5.26 Å². The van der Waals surface area contributed by atoms with Crippen LogP contribution in [-0.2, 0) is 15.4 Å². The predicted molar refractivity (Wildman–Crippen MR) is 139 cm³/mol. The molecule has 5 rings (SSSR count). The van der Waals surface area contributed by atoms with Gasteiger partial charge in [-0.15, -0.1) is 0 Å². The summed E-state index contributed by atoms with van der Waals surface area (Å²) in [7, 11) is -4.23. The van der Waals surface area contributed by atoms with E-state index in [1.54, 1.807) is 38.4 Å². The molecule has 1 fully saturated rings. The lowest BCUT2D eigenvalue weighted by atomic mass is 10.0. The summed E-state index contributed by atoms with van der Waals surface area (Å²) in [5, 5.41) is 14.5. The number of hydrogen-bond donors (Lipinski definition) is 1. The Labute approximate surface area is 223 Å². The molecule has 0 spiro atoms. The van der Waals surface area contributed by atoms with Crippen molar-refractivity contribution in [3.8, 4) is 23.1 Å². The van der Waals surface area contributed by atoms with Gasteiger partial charge in [-0.1, -0.05) is 11.6 Å². The Hall–Kier alpha value is -3.85. The van der Waals surface area contributed by atoms with Gasteiger partial charge in [0.1, 0.15) is 33.8 Å². The highest BCUT2D eigenvalue weighted by molar-refractivity contribution is 7.89. The third-order valence-electron chi connectivity index (χ3n) is 6.50. The number of pyridine rings is 1. The third-order valence-corrected chi connectivity index (χ3v) is 7.54. The number of hydrogen-bond acceptors (Lipinski definition) is 9. The van der Waals surface area contributed by atoms with E-state index in [-0.39, 0.29) is 27.7 Å². The topological polar surface area (TPSA) is 162 Å². The molecule has 194 valence electrons. The molecule has 12 heteroatoms. The van der Waals surface area contributed by atoms with Crippen molar-refractivity contribution >= 4 is 32.6 Å². The number of ether oxygens (including phenoxy) is 1. The number of sulfonamides is 1. The summed E-state index contributed by atoms with van der Waals surface area (Å²) in [5.41, 5.74) is 1.54. The number of halogens is 1. The van der Waals surface area contributed by atoms with Crippen LogP contribution in [0.1, 0.15) is 48.4 Å². The minimum atomic E-state index is -4.23. The van der Waals surface area contributed by atoms with Gasteiger partial charge in [0, 0.05) is 23.5 Å². The molecular weight excluding hydrogens is 530 g/mol. The Morgan fingerprint density at radius 1 is 1.21 bits per heavy atom. The maximum atomic E-state index is 13.4. The second-order valence-electron chi connectivity index (χ2n) is 9.35. The monoisotopic (exact) mass is 551 g/mol. The molecule has 4 aromatic rings. The molecule has 0 aliphatic heterocycles. The third kappa shape index (κ3) is 4.51. The van der Waals surface area contributed by atoms with Crippen molar-refractivity contribution in [1.29, 1.82) is 5.26 Å².